The second-order valence-corrected chi connectivity index (χ2v) is 5.86. The highest BCUT2D eigenvalue weighted by atomic mass is 79.9. The van der Waals surface area contributed by atoms with Crippen LogP contribution >= 0.6 is 15.9 Å². The van der Waals surface area contributed by atoms with Crippen molar-refractivity contribution < 1.29 is 19.1 Å². The van der Waals surface area contributed by atoms with Crippen molar-refractivity contribution in [2.24, 2.45) is 5.92 Å². The molecular formula is C15H17BrO4. The third kappa shape index (κ3) is 4.15. The Labute approximate surface area is 126 Å². The highest BCUT2D eigenvalue weighted by Crippen LogP contribution is 2.21. The summed E-state index contributed by atoms with van der Waals surface area (Å²) in [6.07, 6.45) is 1.39. The summed E-state index contributed by atoms with van der Waals surface area (Å²) < 4.78 is 11.4. The number of esters is 1. The SMILES string of the molecule is CC1CC(C(=O)OCC(=O)c2ccc(Br)cc2)CCO1. The molecule has 0 radical (unpaired) electrons. The molecule has 2 atom stereocenters. The van der Waals surface area contributed by atoms with Gasteiger partial charge in [-0.25, -0.2) is 0 Å². The molecule has 1 aromatic rings. The van der Waals surface area contributed by atoms with E-state index in [-0.39, 0.29) is 30.4 Å². The van der Waals surface area contributed by atoms with Gasteiger partial charge < -0.3 is 9.47 Å². The average molecular weight is 341 g/mol. The van der Waals surface area contributed by atoms with Crippen LogP contribution in [-0.2, 0) is 14.3 Å². The van der Waals surface area contributed by atoms with Gasteiger partial charge in [0, 0.05) is 16.6 Å². The molecule has 0 N–H and O–H groups in total. The molecule has 4 nitrogen and oxygen atoms in total. The zero-order valence-corrected chi connectivity index (χ0v) is 12.9. The molecule has 0 spiro atoms. The fourth-order valence-corrected chi connectivity index (χ4v) is 2.45. The molecule has 0 amide bonds. The second kappa shape index (κ2) is 6.99. The van der Waals surface area contributed by atoms with Crippen molar-refractivity contribution in [3.05, 3.63) is 34.3 Å². The molecule has 0 saturated carbocycles. The number of hydrogen-bond donors (Lipinski definition) is 0. The van der Waals surface area contributed by atoms with Gasteiger partial charge in [0.1, 0.15) is 0 Å². The normalized spacial score (nSPS) is 22.3. The summed E-state index contributed by atoms with van der Waals surface area (Å²) in [7, 11) is 0. The quantitative estimate of drug-likeness (QED) is 0.624. The fraction of sp³-hybridized carbons (Fsp3) is 0.467. The number of carbonyl (C=O) groups is 2. The molecule has 0 bridgehead atoms. The van der Waals surface area contributed by atoms with Crippen molar-refractivity contribution in [2.45, 2.75) is 25.9 Å². The Morgan fingerprint density at radius 2 is 2.05 bits per heavy atom. The molecule has 1 aliphatic heterocycles. The summed E-state index contributed by atoms with van der Waals surface area (Å²) in [4.78, 5) is 23.8. The number of carbonyl (C=O) groups excluding carboxylic acids is 2. The molecule has 0 aromatic heterocycles. The standard InChI is InChI=1S/C15H17BrO4/c1-10-8-12(6-7-19-10)15(18)20-9-14(17)11-2-4-13(16)5-3-11/h2-5,10,12H,6-9H2,1H3. The van der Waals surface area contributed by atoms with E-state index < -0.39 is 0 Å². The van der Waals surface area contributed by atoms with Gasteiger partial charge in [0.15, 0.2) is 12.4 Å². The lowest BCUT2D eigenvalue weighted by Gasteiger charge is -2.25. The Morgan fingerprint density at radius 3 is 2.70 bits per heavy atom. The number of Topliss-reactive ketones (excluding diaryl/α,β-unsaturated/α-hetero) is 1. The monoisotopic (exact) mass is 340 g/mol. The molecule has 108 valence electrons. The highest BCUT2D eigenvalue weighted by Gasteiger charge is 2.27. The number of halogens is 1. The number of benzene rings is 1. The zero-order chi connectivity index (χ0) is 14.5. The number of hydrogen-bond acceptors (Lipinski definition) is 4. The first-order valence-electron chi connectivity index (χ1n) is 6.63. The minimum Gasteiger partial charge on any atom is -0.457 e. The molecule has 1 saturated heterocycles. The van der Waals surface area contributed by atoms with Crippen LogP contribution in [0.3, 0.4) is 0 Å². The van der Waals surface area contributed by atoms with Crippen LogP contribution in [0.5, 0.6) is 0 Å². The van der Waals surface area contributed by atoms with Gasteiger partial charge >= 0.3 is 5.97 Å². The van der Waals surface area contributed by atoms with Crippen molar-refractivity contribution in [1.82, 2.24) is 0 Å². The largest absolute Gasteiger partial charge is 0.457 e. The molecule has 1 heterocycles. The first-order valence-corrected chi connectivity index (χ1v) is 7.42. The molecule has 1 aromatic carbocycles. The molecule has 2 unspecified atom stereocenters. The van der Waals surface area contributed by atoms with Gasteiger partial charge in [-0.2, -0.15) is 0 Å². The van der Waals surface area contributed by atoms with E-state index in [1.165, 1.54) is 0 Å². The molecule has 0 aliphatic carbocycles. The predicted octanol–water partition coefficient (Wildman–Crippen LogP) is 2.99. The third-order valence-electron chi connectivity index (χ3n) is 3.33. The third-order valence-corrected chi connectivity index (χ3v) is 3.86. The van der Waals surface area contributed by atoms with Gasteiger partial charge in [-0.05, 0) is 31.9 Å². The van der Waals surface area contributed by atoms with Gasteiger partial charge in [0.25, 0.3) is 0 Å². The minimum atomic E-state index is -0.300. The number of ketones is 1. The van der Waals surface area contributed by atoms with Crippen LogP contribution in [0, 0.1) is 5.92 Å². The molecular weight excluding hydrogens is 324 g/mol. The van der Waals surface area contributed by atoms with Crippen LogP contribution < -0.4 is 0 Å². The lowest BCUT2D eigenvalue weighted by molar-refractivity contribution is -0.152. The van der Waals surface area contributed by atoms with Gasteiger partial charge in [0.05, 0.1) is 12.0 Å². The molecule has 5 heteroatoms. The Morgan fingerprint density at radius 1 is 1.35 bits per heavy atom. The lowest BCUT2D eigenvalue weighted by atomic mass is 9.96. The second-order valence-electron chi connectivity index (χ2n) is 4.94. The maximum Gasteiger partial charge on any atom is 0.309 e. The van der Waals surface area contributed by atoms with Crippen molar-refractivity contribution in [2.75, 3.05) is 13.2 Å². The van der Waals surface area contributed by atoms with E-state index in [1.807, 2.05) is 6.92 Å². The summed E-state index contributed by atoms with van der Waals surface area (Å²) in [5, 5.41) is 0. The first-order chi connectivity index (χ1) is 9.56. The minimum absolute atomic E-state index is 0.0727. The topological polar surface area (TPSA) is 52.6 Å². The van der Waals surface area contributed by atoms with E-state index in [4.69, 9.17) is 9.47 Å². The number of rotatable bonds is 4. The summed E-state index contributed by atoms with van der Waals surface area (Å²) in [6, 6.07) is 6.98. The lowest BCUT2D eigenvalue weighted by Crippen LogP contribution is -2.30. The van der Waals surface area contributed by atoms with Crippen LogP contribution in [0.2, 0.25) is 0 Å². The summed E-state index contributed by atoms with van der Waals surface area (Å²) in [5.41, 5.74) is 0.543. The fourth-order valence-electron chi connectivity index (χ4n) is 2.19. The van der Waals surface area contributed by atoms with E-state index in [1.54, 1.807) is 24.3 Å². The molecule has 1 fully saturated rings. The van der Waals surface area contributed by atoms with Crippen molar-refractivity contribution in [3.8, 4) is 0 Å². The van der Waals surface area contributed by atoms with Crippen molar-refractivity contribution in [1.29, 1.82) is 0 Å². The van der Waals surface area contributed by atoms with Gasteiger partial charge in [-0.1, -0.05) is 28.1 Å². The molecule has 20 heavy (non-hydrogen) atoms. The summed E-state index contributed by atoms with van der Waals surface area (Å²) >= 11 is 3.31. The first kappa shape index (κ1) is 15.2. The van der Waals surface area contributed by atoms with Crippen molar-refractivity contribution in [3.63, 3.8) is 0 Å². The van der Waals surface area contributed by atoms with E-state index in [9.17, 15) is 9.59 Å². The van der Waals surface area contributed by atoms with E-state index >= 15 is 0 Å². The van der Waals surface area contributed by atoms with Gasteiger partial charge in [0.2, 0.25) is 0 Å². The van der Waals surface area contributed by atoms with E-state index in [2.05, 4.69) is 15.9 Å². The van der Waals surface area contributed by atoms with Gasteiger partial charge in [-0.15, -0.1) is 0 Å². The smallest absolute Gasteiger partial charge is 0.309 e. The average Bonchev–Trinajstić information content (AvgIpc) is 2.45. The predicted molar refractivity (Wildman–Crippen MR) is 77.6 cm³/mol. The van der Waals surface area contributed by atoms with E-state index in [0.29, 0.717) is 25.0 Å². The van der Waals surface area contributed by atoms with Crippen molar-refractivity contribution >= 4 is 27.7 Å². The Hall–Kier alpha value is -1.20. The summed E-state index contributed by atoms with van der Waals surface area (Å²) in [6.45, 7) is 2.31. The summed E-state index contributed by atoms with van der Waals surface area (Å²) in [5.74, 6) is -0.645. The number of ether oxygens (including phenoxy) is 2. The molecule has 2 rings (SSSR count). The Bertz CT molecular complexity index is 483. The van der Waals surface area contributed by atoms with Crippen LogP contribution in [0.1, 0.15) is 30.1 Å². The molecule has 1 aliphatic rings. The van der Waals surface area contributed by atoms with Crippen LogP contribution in [-0.4, -0.2) is 31.1 Å². The highest BCUT2D eigenvalue weighted by molar-refractivity contribution is 9.10. The Kier molecular flexibility index (Phi) is 5.31. The van der Waals surface area contributed by atoms with Gasteiger partial charge in [-0.3, -0.25) is 9.59 Å². The zero-order valence-electron chi connectivity index (χ0n) is 11.3. The van der Waals surface area contributed by atoms with Crippen LogP contribution in [0.4, 0.5) is 0 Å². The Balaban J connectivity index is 1.83. The van der Waals surface area contributed by atoms with E-state index in [0.717, 1.165) is 4.47 Å². The van der Waals surface area contributed by atoms with Crippen LogP contribution in [0.25, 0.3) is 0 Å². The maximum absolute atomic E-state index is 11.9. The van der Waals surface area contributed by atoms with Crippen LogP contribution in [0.15, 0.2) is 28.7 Å². The maximum atomic E-state index is 11.9.